The van der Waals surface area contributed by atoms with Gasteiger partial charge in [-0.25, -0.2) is 0 Å². The summed E-state index contributed by atoms with van der Waals surface area (Å²) in [5.41, 5.74) is 1.59. The molecule has 1 aliphatic carbocycles. The van der Waals surface area contributed by atoms with Crippen molar-refractivity contribution in [3.8, 4) is 5.75 Å². The molecule has 202 valence electrons. The highest BCUT2D eigenvalue weighted by atomic mass is 35.5. The van der Waals surface area contributed by atoms with Gasteiger partial charge in [-0.2, -0.15) is 0 Å². The van der Waals surface area contributed by atoms with Crippen LogP contribution < -0.4 is 9.64 Å². The first kappa shape index (κ1) is 25.8. The lowest BCUT2D eigenvalue weighted by molar-refractivity contribution is 0.0666. The Labute approximate surface area is 247 Å². The van der Waals surface area contributed by atoms with Crippen molar-refractivity contribution in [2.75, 3.05) is 12.0 Å². The Morgan fingerprint density at radius 3 is 2.27 bits per heavy atom. The summed E-state index contributed by atoms with van der Waals surface area (Å²) in [6.07, 6.45) is 3.75. The lowest BCUT2D eigenvalue weighted by Crippen LogP contribution is -2.48. The van der Waals surface area contributed by atoms with E-state index in [1.54, 1.807) is 73.8 Å². The molecule has 7 rings (SSSR count). The molecule has 0 radical (unpaired) electrons. The molecular formula is C34H23Cl2NO4. The van der Waals surface area contributed by atoms with E-state index in [2.05, 4.69) is 0 Å². The first-order valence-electron chi connectivity index (χ1n) is 13.3. The zero-order chi connectivity index (χ0) is 28.5. The van der Waals surface area contributed by atoms with Gasteiger partial charge in [0.2, 0.25) is 0 Å². The van der Waals surface area contributed by atoms with Gasteiger partial charge in [-0.15, -0.1) is 0 Å². The van der Waals surface area contributed by atoms with Gasteiger partial charge in [-0.3, -0.25) is 14.4 Å². The van der Waals surface area contributed by atoms with Gasteiger partial charge in [0, 0.05) is 38.3 Å². The van der Waals surface area contributed by atoms with Crippen molar-refractivity contribution >= 4 is 52.3 Å². The van der Waals surface area contributed by atoms with E-state index in [1.807, 2.05) is 41.3 Å². The van der Waals surface area contributed by atoms with Crippen molar-refractivity contribution < 1.29 is 19.1 Å². The Hall–Kier alpha value is -4.19. The predicted molar refractivity (Wildman–Crippen MR) is 160 cm³/mol. The zero-order valence-corrected chi connectivity index (χ0v) is 23.4. The first-order valence-corrected chi connectivity index (χ1v) is 14.0. The Kier molecular flexibility index (Phi) is 5.93. The van der Waals surface area contributed by atoms with E-state index >= 15 is 0 Å². The summed E-state index contributed by atoms with van der Waals surface area (Å²) >= 11 is 13.2. The molecule has 2 aliphatic heterocycles. The second-order valence-electron chi connectivity index (χ2n) is 10.5. The minimum absolute atomic E-state index is 0.247. The van der Waals surface area contributed by atoms with Crippen LogP contribution in [0.1, 0.15) is 48.1 Å². The van der Waals surface area contributed by atoms with Gasteiger partial charge in [0.05, 0.1) is 13.2 Å². The van der Waals surface area contributed by atoms with Gasteiger partial charge in [-0.1, -0.05) is 90.0 Å². The molecule has 0 bridgehead atoms. The van der Waals surface area contributed by atoms with Crippen molar-refractivity contribution in [1.29, 1.82) is 0 Å². The Morgan fingerprint density at radius 2 is 1.56 bits per heavy atom. The summed E-state index contributed by atoms with van der Waals surface area (Å²) in [6, 6.07) is 24.7. The molecule has 41 heavy (non-hydrogen) atoms. The number of hydrogen-bond acceptors (Lipinski definition) is 5. The molecule has 2 heterocycles. The van der Waals surface area contributed by atoms with E-state index in [0.29, 0.717) is 43.7 Å². The number of methoxy groups -OCH3 is 1. The third kappa shape index (κ3) is 3.52. The summed E-state index contributed by atoms with van der Waals surface area (Å²) in [5.74, 6) is -1.22. The fourth-order valence-corrected chi connectivity index (χ4v) is 7.40. The number of ether oxygens (including phenoxy) is 1. The number of carbonyl (C=O) groups is 3. The maximum absolute atomic E-state index is 14.8. The van der Waals surface area contributed by atoms with E-state index in [4.69, 9.17) is 27.9 Å². The molecule has 0 unspecified atom stereocenters. The summed E-state index contributed by atoms with van der Waals surface area (Å²) in [5, 5.41) is 0.927. The van der Waals surface area contributed by atoms with Crippen LogP contribution in [0.3, 0.4) is 0 Å². The smallest absolute Gasteiger partial charge is 0.186 e. The molecule has 4 aromatic carbocycles. The monoisotopic (exact) mass is 579 g/mol. The molecule has 0 amide bonds. The molecule has 4 aromatic rings. The molecule has 1 spiro atoms. The number of fused-ring (bicyclic) bond motifs is 5. The molecule has 3 aliphatic rings. The second kappa shape index (κ2) is 9.44. The van der Waals surface area contributed by atoms with E-state index in [0.717, 1.165) is 5.56 Å². The quantitative estimate of drug-likeness (QED) is 0.187. The largest absolute Gasteiger partial charge is 0.497 e. The van der Waals surface area contributed by atoms with Gasteiger partial charge < -0.3 is 9.64 Å². The van der Waals surface area contributed by atoms with Crippen LogP contribution in [0.4, 0.5) is 5.69 Å². The number of nitrogens with zero attached hydrogens (tertiary/aromatic N) is 1. The Morgan fingerprint density at radius 1 is 0.854 bits per heavy atom. The van der Waals surface area contributed by atoms with Crippen LogP contribution in [0.15, 0.2) is 97.1 Å². The minimum Gasteiger partial charge on any atom is -0.497 e. The third-order valence-electron chi connectivity index (χ3n) is 8.63. The molecule has 3 atom stereocenters. The van der Waals surface area contributed by atoms with Crippen molar-refractivity contribution in [3.05, 3.63) is 135 Å². The molecule has 0 saturated carbocycles. The molecule has 1 fully saturated rings. The van der Waals surface area contributed by atoms with Gasteiger partial charge in [0.15, 0.2) is 17.3 Å². The highest BCUT2D eigenvalue weighted by Gasteiger charge is 2.71. The summed E-state index contributed by atoms with van der Waals surface area (Å²) in [4.78, 5) is 46.0. The highest BCUT2D eigenvalue weighted by Crippen LogP contribution is 2.61. The van der Waals surface area contributed by atoms with Gasteiger partial charge in [-0.05, 0) is 47.5 Å². The summed E-state index contributed by atoms with van der Waals surface area (Å²) in [7, 11) is 1.54. The maximum atomic E-state index is 14.8. The van der Waals surface area contributed by atoms with Gasteiger partial charge >= 0.3 is 0 Å². The fraction of sp³-hybridized carbons (Fsp3) is 0.147. The average Bonchev–Trinajstić information content (AvgIpc) is 3.43. The molecule has 0 N–H and O–H groups in total. The number of carbonyl (C=O) groups excluding carboxylic acids is 3. The minimum atomic E-state index is -1.62. The Bertz CT molecular complexity index is 1780. The lowest BCUT2D eigenvalue weighted by atomic mass is 9.64. The lowest BCUT2D eigenvalue weighted by Gasteiger charge is -2.37. The van der Waals surface area contributed by atoms with Crippen molar-refractivity contribution in [3.63, 3.8) is 0 Å². The maximum Gasteiger partial charge on any atom is 0.186 e. The number of hydrogen-bond donors (Lipinski definition) is 0. The van der Waals surface area contributed by atoms with E-state index in [9.17, 15) is 14.4 Å². The highest BCUT2D eigenvalue weighted by molar-refractivity contribution is 6.34. The Balaban J connectivity index is 1.56. The van der Waals surface area contributed by atoms with E-state index in [-0.39, 0.29) is 17.3 Å². The van der Waals surface area contributed by atoms with Gasteiger partial charge in [0.1, 0.15) is 17.2 Å². The molecular weight excluding hydrogens is 557 g/mol. The van der Waals surface area contributed by atoms with Crippen molar-refractivity contribution in [1.82, 2.24) is 0 Å². The number of Topliss-reactive ketones (excluding diaryl/α,β-unsaturated/α-hetero) is 3. The molecule has 1 saturated heterocycles. The number of anilines is 1. The van der Waals surface area contributed by atoms with E-state index in [1.165, 1.54) is 0 Å². The van der Waals surface area contributed by atoms with Crippen molar-refractivity contribution in [2.45, 2.75) is 18.0 Å². The van der Waals surface area contributed by atoms with Crippen LogP contribution in [0.2, 0.25) is 10.0 Å². The molecule has 0 aromatic heterocycles. The number of halogens is 2. The number of benzene rings is 4. The summed E-state index contributed by atoms with van der Waals surface area (Å²) < 4.78 is 5.42. The van der Waals surface area contributed by atoms with Crippen LogP contribution in [0.5, 0.6) is 5.75 Å². The fourth-order valence-electron chi connectivity index (χ4n) is 6.97. The number of ketones is 3. The van der Waals surface area contributed by atoms with Crippen LogP contribution in [-0.2, 0) is 0 Å². The van der Waals surface area contributed by atoms with Gasteiger partial charge in [0.25, 0.3) is 0 Å². The number of rotatable bonds is 4. The van der Waals surface area contributed by atoms with Crippen LogP contribution in [-0.4, -0.2) is 36.5 Å². The van der Waals surface area contributed by atoms with E-state index < -0.39 is 23.4 Å². The van der Waals surface area contributed by atoms with Crippen LogP contribution in [0.25, 0.3) is 6.08 Å². The van der Waals surface area contributed by atoms with Crippen molar-refractivity contribution in [2.24, 2.45) is 5.41 Å². The average molecular weight is 580 g/mol. The summed E-state index contributed by atoms with van der Waals surface area (Å²) in [6.45, 7) is 0. The van der Waals surface area contributed by atoms with Crippen LogP contribution >= 0.6 is 23.2 Å². The van der Waals surface area contributed by atoms with Crippen LogP contribution in [0, 0.1) is 5.41 Å². The topological polar surface area (TPSA) is 63.7 Å². The SMILES string of the molecule is COc1cccc(C(=O)[C@H]2[C@H](c3ccccc3Cl)C3(C(=O)c4ccccc4C3=O)[C@@H]3C=Cc4cc(Cl)ccc4N32)c1. The second-order valence-corrected chi connectivity index (χ2v) is 11.4. The third-order valence-corrected chi connectivity index (χ3v) is 9.21. The zero-order valence-electron chi connectivity index (χ0n) is 21.9. The first-order chi connectivity index (χ1) is 19.9. The normalized spacial score (nSPS) is 21.5. The predicted octanol–water partition coefficient (Wildman–Crippen LogP) is 7.32. The molecule has 5 nitrogen and oxygen atoms in total. The molecule has 7 heteroatoms. The standard InChI is InChI=1S/C34H23Cl2NO4/c1-41-22-8-6-7-20(18-22)31(38)30-29(25-11-4-5-12-26(25)36)34(32(39)23-9-2-3-10-24(23)33(34)40)28-16-13-19-17-21(35)14-15-27(19)37(28)30/h2-18,28-30H,1H3/t28-,29-,30+/m0/s1.